The van der Waals surface area contributed by atoms with Crippen LogP contribution >= 0.6 is 0 Å². The van der Waals surface area contributed by atoms with Crippen LogP contribution in [0.1, 0.15) is 5.69 Å². The van der Waals surface area contributed by atoms with Gasteiger partial charge in [-0.3, -0.25) is 4.79 Å². The van der Waals surface area contributed by atoms with Gasteiger partial charge in [0.2, 0.25) is 0 Å². The lowest BCUT2D eigenvalue weighted by atomic mass is 10.1. The second kappa shape index (κ2) is 7.05. The van der Waals surface area contributed by atoms with E-state index >= 15 is 0 Å². The first kappa shape index (κ1) is 17.4. The number of rotatable bonds is 3. The summed E-state index contributed by atoms with van der Waals surface area (Å²) >= 11 is 0. The molecule has 4 aromatic rings. The van der Waals surface area contributed by atoms with Crippen molar-refractivity contribution in [1.29, 1.82) is 0 Å². The molecule has 1 aliphatic rings. The fourth-order valence-corrected chi connectivity index (χ4v) is 3.86. The zero-order chi connectivity index (χ0) is 19.8. The number of aryl methyl sites for hydroxylation is 1. The van der Waals surface area contributed by atoms with Crippen LogP contribution in [0.4, 0.5) is 11.5 Å². The molecular weight excluding hydrogens is 366 g/mol. The number of anilines is 2. The van der Waals surface area contributed by atoms with E-state index in [4.69, 9.17) is 0 Å². The van der Waals surface area contributed by atoms with Crippen molar-refractivity contribution in [3.05, 3.63) is 70.8 Å². The molecule has 29 heavy (non-hydrogen) atoms. The third kappa shape index (κ3) is 3.22. The number of fused-ring (bicyclic) bond motifs is 1. The van der Waals surface area contributed by atoms with Crippen molar-refractivity contribution < 1.29 is 0 Å². The molecule has 0 amide bonds. The predicted octanol–water partition coefficient (Wildman–Crippen LogP) is 2.11. The van der Waals surface area contributed by atoms with Gasteiger partial charge in [-0.25, -0.2) is 10.1 Å². The van der Waals surface area contributed by atoms with Gasteiger partial charge < -0.3 is 9.80 Å². The standard InChI is InChI=1S/C21H21N7O/c1-15-13-20(28-18(23-15)7-8-22-28)27-11-9-26(10-12-27)17-14-19(29)24-25-21(17)16-5-3-2-4-6-16/h2-8,13-14H,9-12H2,1H3,(H,24,29). The second-order valence-electron chi connectivity index (χ2n) is 7.16. The summed E-state index contributed by atoms with van der Waals surface area (Å²) in [5, 5.41) is 11.3. The highest BCUT2D eigenvalue weighted by atomic mass is 16.1. The molecule has 1 aliphatic heterocycles. The molecule has 0 aliphatic carbocycles. The van der Waals surface area contributed by atoms with Gasteiger partial charge in [-0.1, -0.05) is 30.3 Å². The molecule has 1 N–H and O–H groups in total. The number of aromatic nitrogens is 5. The Morgan fingerprint density at radius 1 is 0.966 bits per heavy atom. The van der Waals surface area contributed by atoms with Crippen molar-refractivity contribution in [3.63, 3.8) is 0 Å². The lowest BCUT2D eigenvalue weighted by Gasteiger charge is -2.37. The van der Waals surface area contributed by atoms with Crippen molar-refractivity contribution in [3.8, 4) is 11.3 Å². The topological polar surface area (TPSA) is 82.4 Å². The highest BCUT2D eigenvalue weighted by Crippen LogP contribution is 2.28. The van der Waals surface area contributed by atoms with Gasteiger partial charge in [0.25, 0.3) is 5.56 Å². The van der Waals surface area contributed by atoms with Crippen LogP contribution in [-0.2, 0) is 0 Å². The monoisotopic (exact) mass is 387 g/mol. The van der Waals surface area contributed by atoms with Gasteiger partial charge in [-0.05, 0) is 6.92 Å². The van der Waals surface area contributed by atoms with Crippen LogP contribution in [0.5, 0.6) is 0 Å². The molecule has 8 heteroatoms. The van der Waals surface area contributed by atoms with E-state index in [0.29, 0.717) is 0 Å². The summed E-state index contributed by atoms with van der Waals surface area (Å²) in [5.74, 6) is 1.05. The summed E-state index contributed by atoms with van der Waals surface area (Å²) in [4.78, 5) is 21.1. The summed E-state index contributed by atoms with van der Waals surface area (Å²) in [5.41, 5.74) is 4.30. The van der Waals surface area contributed by atoms with Crippen LogP contribution in [0, 0.1) is 6.92 Å². The van der Waals surface area contributed by atoms with Gasteiger partial charge in [0.15, 0.2) is 5.65 Å². The third-order valence-corrected chi connectivity index (χ3v) is 5.25. The van der Waals surface area contributed by atoms with Crippen molar-refractivity contribution >= 4 is 17.2 Å². The summed E-state index contributed by atoms with van der Waals surface area (Å²) < 4.78 is 1.88. The molecule has 1 fully saturated rings. The summed E-state index contributed by atoms with van der Waals surface area (Å²) in [6.07, 6.45) is 1.77. The van der Waals surface area contributed by atoms with Crippen LogP contribution in [0.2, 0.25) is 0 Å². The number of hydrogen-bond acceptors (Lipinski definition) is 6. The minimum atomic E-state index is -0.190. The second-order valence-corrected chi connectivity index (χ2v) is 7.16. The Bertz CT molecular complexity index is 1210. The number of piperazine rings is 1. The van der Waals surface area contributed by atoms with Gasteiger partial charge >= 0.3 is 0 Å². The lowest BCUT2D eigenvalue weighted by Crippen LogP contribution is -2.47. The van der Waals surface area contributed by atoms with Crippen molar-refractivity contribution in [2.24, 2.45) is 0 Å². The molecule has 1 aromatic carbocycles. The molecule has 0 unspecified atom stereocenters. The number of benzene rings is 1. The van der Waals surface area contributed by atoms with E-state index in [1.54, 1.807) is 12.3 Å². The van der Waals surface area contributed by atoms with Gasteiger partial charge in [0, 0.05) is 55.6 Å². The normalized spacial score (nSPS) is 14.5. The smallest absolute Gasteiger partial charge is 0.266 e. The van der Waals surface area contributed by atoms with E-state index in [9.17, 15) is 4.79 Å². The molecule has 0 radical (unpaired) electrons. The average Bonchev–Trinajstić information content (AvgIpc) is 3.22. The molecule has 8 nitrogen and oxygen atoms in total. The van der Waals surface area contributed by atoms with E-state index in [1.807, 2.05) is 47.8 Å². The maximum Gasteiger partial charge on any atom is 0.266 e. The van der Waals surface area contributed by atoms with Crippen LogP contribution < -0.4 is 15.4 Å². The van der Waals surface area contributed by atoms with Crippen molar-refractivity contribution in [1.82, 2.24) is 24.8 Å². The predicted molar refractivity (Wildman–Crippen MR) is 112 cm³/mol. The lowest BCUT2D eigenvalue weighted by molar-refractivity contribution is 0.637. The van der Waals surface area contributed by atoms with Crippen LogP contribution in [0.3, 0.4) is 0 Å². The Morgan fingerprint density at radius 3 is 2.52 bits per heavy atom. The summed E-state index contributed by atoms with van der Waals surface area (Å²) in [6, 6.07) is 15.6. The SMILES string of the molecule is Cc1cc(N2CCN(c3cc(=O)[nH]nc3-c3ccccc3)CC2)n2nccc2n1. The molecule has 0 saturated carbocycles. The average molecular weight is 387 g/mol. The first-order valence-corrected chi connectivity index (χ1v) is 9.65. The Morgan fingerprint density at radius 2 is 1.72 bits per heavy atom. The van der Waals surface area contributed by atoms with E-state index in [0.717, 1.165) is 60.3 Å². The zero-order valence-corrected chi connectivity index (χ0v) is 16.1. The van der Waals surface area contributed by atoms with E-state index in [1.165, 1.54) is 0 Å². The molecule has 0 bridgehead atoms. The number of H-pyrrole nitrogens is 1. The fourth-order valence-electron chi connectivity index (χ4n) is 3.86. The van der Waals surface area contributed by atoms with Crippen LogP contribution in [0.15, 0.2) is 59.5 Å². The molecular formula is C21H21N7O. The van der Waals surface area contributed by atoms with Gasteiger partial charge in [-0.2, -0.15) is 14.7 Å². The van der Waals surface area contributed by atoms with Crippen LogP contribution in [0.25, 0.3) is 16.9 Å². The minimum Gasteiger partial charge on any atom is -0.366 e. The number of nitrogens with zero attached hydrogens (tertiary/aromatic N) is 6. The van der Waals surface area contributed by atoms with E-state index < -0.39 is 0 Å². The van der Waals surface area contributed by atoms with Gasteiger partial charge in [0.05, 0.1) is 11.9 Å². The maximum absolute atomic E-state index is 12.0. The largest absolute Gasteiger partial charge is 0.366 e. The number of hydrogen-bond donors (Lipinski definition) is 1. The molecule has 0 atom stereocenters. The minimum absolute atomic E-state index is 0.190. The molecule has 1 saturated heterocycles. The Labute approximate surface area is 167 Å². The number of aromatic amines is 1. The molecule has 5 rings (SSSR count). The van der Waals surface area contributed by atoms with E-state index in [2.05, 4.69) is 36.1 Å². The maximum atomic E-state index is 12.0. The fraction of sp³-hybridized carbons (Fsp3) is 0.238. The Kier molecular flexibility index (Phi) is 4.23. The highest BCUT2D eigenvalue weighted by molar-refractivity contribution is 5.74. The van der Waals surface area contributed by atoms with Crippen LogP contribution in [-0.4, -0.2) is 51.0 Å². The molecule has 4 heterocycles. The van der Waals surface area contributed by atoms with Gasteiger partial charge in [-0.15, -0.1) is 0 Å². The first-order chi connectivity index (χ1) is 14.2. The highest BCUT2D eigenvalue weighted by Gasteiger charge is 2.23. The number of nitrogens with one attached hydrogen (secondary N) is 1. The molecule has 3 aromatic heterocycles. The Hall–Kier alpha value is -3.68. The van der Waals surface area contributed by atoms with Gasteiger partial charge in [0.1, 0.15) is 11.5 Å². The summed E-state index contributed by atoms with van der Waals surface area (Å²) in [6.45, 7) is 5.21. The Balaban J connectivity index is 1.43. The first-order valence-electron chi connectivity index (χ1n) is 9.65. The zero-order valence-electron chi connectivity index (χ0n) is 16.1. The summed E-state index contributed by atoms with van der Waals surface area (Å²) in [7, 11) is 0. The van der Waals surface area contributed by atoms with E-state index in [-0.39, 0.29) is 5.56 Å². The quantitative estimate of drug-likeness (QED) is 0.580. The van der Waals surface area contributed by atoms with Crippen molar-refractivity contribution in [2.45, 2.75) is 6.92 Å². The van der Waals surface area contributed by atoms with Crippen molar-refractivity contribution in [2.75, 3.05) is 36.0 Å². The molecule has 0 spiro atoms. The third-order valence-electron chi connectivity index (χ3n) is 5.25. The molecule has 146 valence electrons.